The van der Waals surface area contributed by atoms with Crippen LogP contribution in [0.3, 0.4) is 0 Å². The Labute approximate surface area is 143 Å². The lowest BCUT2D eigenvalue weighted by Gasteiger charge is -2.18. The van der Waals surface area contributed by atoms with Gasteiger partial charge in [0.1, 0.15) is 0 Å². The molecule has 3 nitrogen and oxygen atoms in total. The standard InChI is InChI=1S/C19H26N2OS/c1-12(2)10-13(3)16-8-6-7-9-17(16)21-19(22)11-18-14(4)20-15(5)23-18/h6-9,12-13H,10-11H2,1-5H3,(H,21,22). The van der Waals surface area contributed by atoms with Crippen molar-refractivity contribution in [3.63, 3.8) is 0 Å². The van der Waals surface area contributed by atoms with Crippen LogP contribution in [0.5, 0.6) is 0 Å². The summed E-state index contributed by atoms with van der Waals surface area (Å²) in [5.74, 6) is 1.09. The Morgan fingerprint density at radius 2 is 1.91 bits per heavy atom. The van der Waals surface area contributed by atoms with E-state index in [9.17, 15) is 4.79 Å². The zero-order valence-corrected chi connectivity index (χ0v) is 15.5. The van der Waals surface area contributed by atoms with Crippen LogP contribution in [-0.2, 0) is 11.2 Å². The van der Waals surface area contributed by atoms with Crippen LogP contribution in [0.4, 0.5) is 5.69 Å². The summed E-state index contributed by atoms with van der Waals surface area (Å²) < 4.78 is 0. The van der Waals surface area contributed by atoms with E-state index < -0.39 is 0 Å². The van der Waals surface area contributed by atoms with Gasteiger partial charge in [0.2, 0.25) is 5.91 Å². The Balaban J connectivity index is 2.10. The molecule has 2 rings (SSSR count). The first-order valence-electron chi connectivity index (χ1n) is 8.18. The zero-order chi connectivity index (χ0) is 17.0. The smallest absolute Gasteiger partial charge is 0.229 e. The Morgan fingerprint density at radius 3 is 2.52 bits per heavy atom. The Morgan fingerprint density at radius 1 is 1.22 bits per heavy atom. The van der Waals surface area contributed by atoms with Crippen molar-refractivity contribution < 1.29 is 4.79 Å². The molecule has 2 aromatic rings. The van der Waals surface area contributed by atoms with Crippen LogP contribution in [0.1, 0.15) is 54.3 Å². The Bertz CT molecular complexity index is 676. The minimum absolute atomic E-state index is 0.0287. The fourth-order valence-electron chi connectivity index (χ4n) is 2.95. The molecule has 1 N–H and O–H groups in total. The van der Waals surface area contributed by atoms with Gasteiger partial charge >= 0.3 is 0 Å². The van der Waals surface area contributed by atoms with Gasteiger partial charge < -0.3 is 5.32 Å². The average molecular weight is 330 g/mol. The minimum atomic E-state index is 0.0287. The van der Waals surface area contributed by atoms with Crippen molar-refractivity contribution in [3.05, 3.63) is 45.4 Å². The van der Waals surface area contributed by atoms with E-state index in [1.165, 1.54) is 5.56 Å². The second kappa shape index (κ2) is 7.73. The summed E-state index contributed by atoms with van der Waals surface area (Å²) in [5, 5.41) is 4.10. The number of aryl methyl sites for hydroxylation is 2. The normalized spacial score (nSPS) is 12.4. The number of hydrogen-bond acceptors (Lipinski definition) is 3. The van der Waals surface area contributed by atoms with E-state index >= 15 is 0 Å². The molecule has 1 aromatic heterocycles. The number of nitrogens with one attached hydrogen (secondary N) is 1. The molecule has 4 heteroatoms. The van der Waals surface area contributed by atoms with Crippen molar-refractivity contribution >= 4 is 22.9 Å². The van der Waals surface area contributed by atoms with Gasteiger partial charge in [-0.25, -0.2) is 4.98 Å². The van der Waals surface area contributed by atoms with Crippen molar-refractivity contribution in [2.75, 3.05) is 5.32 Å². The maximum absolute atomic E-state index is 12.4. The molecule has 0 bridgehead atoms. The molecule has 1 aromatic carbocycles. The summed E-state index contributed by atoms with van der Waals surface area (Å²) in [4.78, 5) is 17.8. The third-order valence-electron chi connectivity index (χ3n) is 3.91. The van der Waals surface area contributed by atoms with Gasteiger partial charge in [0.15, 0.2) is 0 Å². The first kappa shape index (κ1) is 17.7. The molecule has 1 unspecified atom stereocenters. The highest BCUT2D eigenvalue weighted by Gasteiger charge is 2.15. The largest absolute Gasteiger partial charge is 0.326 e. The van der Waals surface area contributed by atoms with Crippen LogP contribution in [0, 0.1) is 19.8 Å². The SMILES string of the molecule is Cc1nc(C)c(CC(=O)Nc2ccccc2C(C)CC(C)C)s1. The molecular formula is C19H26N2OS. The summed E-state index contributed by atoms with van der Waals surface area (Å²) in [6, 6.07) is 8.13. The number of rotatable bonds is 6. The predicted octanol–water partition coefficient (Wildman–Crippen LogP) is 5.09. The molecule has 0 fully saturated rings. The van der Waals surface area contributed by atoms with Gasteiger partial charge in [-0.15, -0.1) is 11.3 Å². The van der Waals surface area contributed by atoms with Gasteiger partial charge in [0.05, 0.1) is 17.1 Å². The second-order valence-electron chi connectivity index (χ2n) is 6.58. The third kappa shape index (κ3) is 4.90. The average Bonchev–Trinajstić information content (AvgIpc) is 2.76. The van der Waals surface area contributed by atoms with Gasteiger partial charge in [0, 0.05) is 10.6 Å². The quantitative estimate of drug-likeness (QED) is 0.801. The monoisotopic (exact) mass is 330 g/mol. The molecular weight excluding hydrogens is 304 g/mol. The van der Waals surface area contributed by atoms with E-state index in [1.807, 2.05) is 32.0 Å². The fourth-order valence-corrected chi connectivity index (χ4v) is 3.89. The lowest BCUT2D eigenvalue weighted by Crippen LogP contribution is -2.16. The van der Waals surface area contributed by atoms with Crippen LogP contribution < -0.4 is 5.32 Å². The summed E-state index contributed by atoms with van der Waals surface area (Å²) in [5.41, 5.74) is 3.11. The molecule has 1 atom stereocenters. The Kier molecular flexibility index (Phi) is 5.94. The number of para-hydroxylation sites is 1. The van der Waals surface area contributed by atoms with Crippen molar-refractivity contribution in [1.82, 2.24) is 4.98 Å². The van der Waals surface area contributed by atoms with E-state index in [0.717, 1.165) is 27.7 Å². The van der Waals surface area contributed by atoms with Crippen molar-refractivity contribution in [1.29, 1.82) is 0 Å². The van der Waals surface area contributed by atoms with Crippen molar-refractivity contribution in [3.8, 4) is 0 Å². The first-order chi connectivity index (χ1) is 10.9. The van der Waals surface area contributed by atoms with Crippen molar-refractivity contribution in [2.24, 2.45) is 5.92 Å². The molecule has 0 aliphatic carbocycles. The highest BCUT2D eigenvalue weighted by atomic mass is 32.1. The van der Waals surface area contributed by atoms with Crippen LogP contribution in [-0.4, -0.2) is 10.9 Å². The molecule has 0 spiro atoms. The number of carbonyl (C=O) groups is 1. The van der Waals surface area contributed by atoms with Gasteiger partial charge in [-0.3, -0.25) is 4.79 Å². The molecule has 0 radical (unpaired) electrons. The summed E-state index contributed by atoms with van der Waals surface area (Å²) >= 11 is 1.60. The van der Waals surface area contributed by atoms with Gasteiger partial charge in [-0.2, -0.15) is 0 Å². The van der Waals surface area contributed by atoms with Gasteiger partial charge in [0.25, 0.3) is 0 Å². The van der Waals surface area contributed by atoms with Crippen molar-refractivity contribution in [2.45, 2.75) is 53.4 Å². The molecule has 124 valence electrons. The van der Waals surface area contributed by atoms with E-state index in [1.54, 1.807) is 11.3 Å². The number of anilines is 1. The molecule has 23 heavy (non-hydrogen) atoms. The summed E-state index contributed by atoms with van der Waals surface area (Å²) in [7, 11) is 0. The number of thiazole rings is 1. The molecule has 0 saturated heterocycles. The van der Waals surface area contributed by atoms with Crippen LogP contribution in [0.15, 0.2) is 24.3 Å². The first-order valence-corrected chi connectivity index (χ1v) is 9.00. The third-order valence-corrected chi connectivity index (χ3v) is 4.98. The Hall–Kier alpha value is -1.68. The van der Waals surface area contributed by atoms with Gasteiger partial charge in [-0.05, 0) is 43.7 Å². The number of aromatic nitrogens is 1. The summed E-state index contributed by atoms with van der Waals surface area (Å²) in [6.45, 7) is 10.6. The number of nitrogens with zero attached hydrogens (tertiary/aromatic N) is 1. The topological polar surface area (TPSA) is 42.0 Å². The van der Waals surface area contributed by atoms with Gasteiger partial charge in [-0.1, -0.05) is 39.0 Å². The van der Waals surface area contributed by atoms with E-state index in [-0.39, 0.29) is 5.91 Å². The van der Waals surface area contributed by atoms with E-state index in [2.05, 4.69) is 37.1 Å². The highest BCUT2D eigenvalue weighted by Crippen LogP contribution is 2.29. The lowest BCUT2D eigenvalue weighted by atomic mass is 9.91. The molecule has 0 saturated carbocycles. The maximum atomic E-state index is 12.4. The van der Waals surface area contributed by atoms with Crippen LogP contribution in [0.25, 0.3) is 0 Å². The van der Waals surface area contributed by atoms with E-state index in [4.69, 9.17) is 0 Å². The number of benzene rings is 1. The van der Waals surface area contributed by atoms with E-state index in [0.29, 0.717) is 18.3 Å². The molecule has 0 aliphatic rings. The highest BCUT2D eigenvalue weighted by molar-refractivity contribution is 7.11. The minimum Gasteiger partial charge on any atom is -0.326 e. The maximum Gasteiger partial charge on any atom is 0.229 e. The number of carbonyl (C=O) groups excluding carboxylic acids is 1. The molecule has 0 aliphatic heterocycles. The van der Waals surface area contributed by atoms with Crippen LogP contribution in [0.2, 0.25) is 0 Å². The summed E-state index contributed by atoms with van der Waals surface area (Å²) in [6.07, 6.45) is 1.50. The second-order valence-corrected chi connectivity index (χ2v) is 7.87. The van der Waals surface area contributed by atoms with Crippen LogP contribution >= 0.6 is 11.3 Å². The molecule has 1 amide bonds. The predicted molar refractivity (Wildman–Crippen MR) is 98.2 cm³/mol. The molecule has 1 heterocycles. The zero-order valence-electron chi connectivity index (χ0n) is 14.6. The lowest BCUT2D eigenvalue weighted by molar-refractivity contribution is -0.115. The number of amides is 1. The number of hydrogen-bond donors (Lipinski definition) is 1. The fraction of sp³-hybridized carbons (Fsp3) is 0.474.